The lowest BCUT2D eigenvalue weighted by Gasteiger charge is -2.36. The smallest absolute Gasteiger partial charge is 0.282 e. The molecule has 2 aliphatic rings. The summed E-state index contributed by atoms with van der Waals surface area (Å²) in [5, 5.41) is 11.4. The van der Waals surface area contributed by atoms with Crippen LogP contribution in [-0.2, 0) is 9.59 Å². The van der Waals surface area contributed by atoms with Crippen LogP contribution in [0.3, 0.4) is 0 Å². The first-order valence-electron chi connectivity index (χ1n) is 10.3. The van der Waals surface area contributed by atoms with E-state index in [1.807, 2.05) is 11.9 Å². The topological polar surface area (TPSA) is 87.0 Å². The third kappa shape index (κ3) is 3.87. The van der Waals surface area contributed by atoms with Crippen LogP contribution in [0.4, 0.5) is 11.4 Å². The number of imide groups is 1. The van der Waals surface area contributed by atoms with Crippen LogP contribution < -0.4 is 4.90 Å². The summed E-state index contributed by atoms with van der Waals surface area (Å²) in [4.78, 5) is 42.9. The standard InChI is InChI=1S/C23H23ClN4O4/c1-25-13-11-16(12-14-25)26(2)21-20(15-7-9-17(10-8-15)28(31)32)22(29)27(23(21)30)19-6-4-3-5-18(19)24/h3-10,16H,11-14H2,1-2H3. The Kier molecular flexibility index (Phi) is 5.99. The van der Waals surface area contributed by atoms with Crippen molar-refractivity contribution in [3.05, 3.63) is 74.9 Å². The van der Waals surface area contributed by atoms with Crippen molar-refractivity contribution in [1.82, 2.24) is 9.80 Å². The Morgan fingerprint density at radius 3 is 2.25 bits per heavy atom. The van der Waals surface area contributed by atoms with Crippen molar-refractivity contribution in [3.63, 3.8) is 0 Å². The molecular weight excluding hydrogens is 432 g/mol. The van der Waals surface area contributed by atoms with Crippen molar-refractivity contribution >= 4 is 40.4 Å². The molecule has 0 aliphatic carbocycles. The van der Waals surface area contributed by atoms with E-state index >= 15 is 0 Å². The zero-order valence-electron chi connectivity index (χ0n) is 17.8. The van der Waals surface area contributed by atoms with Crippen LogP contribution in [0.5, 0.6) is 0 Å². The third-order valence-electron chi connectivity index (χ3n) is 6.11. The van der Waals surface area contributed by atoms with E-state index in [4.69, 9.17) is 11.6 Å². The number of non-ortho nitro benzene ring substituents is 1. The SMILES string of the molecule is CN1CCC(N(C)C2=C(c3ccc([N+](=O)[O-])cc3)C(=O)N(c3ccccc3Cl)C2=O)CC1. The fraction of sp³-hybridized carbons (Fsp3) is 0.304. The number of rotatable bonds is 5. The van der Waals surface area contributed by atoms with E-state index in [-0.39, 0.29) is 17.3 Å². The number of likely N-dealkylation sites (N-methyl/N-ethyl adjacent to an activating group) is 1. The van der Waals surface area contributed by atoms with E-state index in [1.165, 1.54) is 24.3 Å². The third-order valence-corrected chi connectivity index (χ3v) is 6.43. The number of hydrogen-bond acceptors (Lipinski definition) is 6. The Morgan fingerprint density at radius 2 is 1.66 bits per heavy atom. The molecule has 2 aromatic rings. The van der Waals surface area contributed by atoms with Crippen molar-refractivity contribution in [3.8, 4) is 0 Å². The van der Waals surface area contributed by atoms with Crippen LogP contribution in [0.15, 0.2) is 54.2 Å². The summed E-state index contributed by atoms with van der Waals surface area (Å²) in [6, 6.07) is 12.5. The summed E-state index contributed by atoms with van der Waals surface area (Å²) in [5.41, 5.74) is 1.21. The lowest BCUT2D eigenvalue weighted by atomic mass is 10.00. The molecule has 0 bridgehead atoms. The first kappa shape index (κ1) is 22.0. The minimum Gasteiger partial charge on any atom is -0.366 e. The van der Waals surface area contributed by atoms with E-state index in [0.717, 1.165) is 30.8 Å². The van der Waals surface area contributed by atoms with Gasteiger partial charge in [-0.25, -0.2) is 4.90 Å². The summed E-state index contributed by atoms with van der Waals surface area (Å²) in [7, 11) is 3.89. The van der Waals surface area contributed by atoms with Gasteiger partial charge in [0.25, 0.3) is 17.5 Å². The zero-order chi connectivity index (χ0) is 23.0. The maximum atomic E-state index is 13.6. The normalized spacial score (nSPS) is 17.9. The minimum absolute atomic E-state index is 0.0840. The summed E-state index contributed by atoms with van der Waals surface area (Å²) in [6.45, 7) is 1.79. The molecule has 2 aliphatic heterocycles. The van der Waals surface area contributed by atoms with E-state index in [0.29, 0.717) is 22.0 Å². The van der Waals surface area contributed by atoms with E-state index < -0.39 is 16.7 Å². The molecule has 8 nitrogen and oxygen atoms in total. The van der Waals surface area contributed by atoms with Gasteiger partial charge in [0, 0.05) is 25.2 Å². The van der Waals surface area contributed by atoms with Crippen LogP contribution in [0.25, 0.3) is 5.57 Å². The number of likely N-dealkylation sites (tertiary alicyclic amines) is 1. The number of piperidine rings is 1. The largest absolute Gasteiger partial charge is 0.366 e. The molecule has 0 atom stereocenters. The van der Waals surface area contributed by atoms with Gasteiger partial charge < -0.3 is 9.80 Å². The van der Waals surface area contributed by atoms with Crippen LogP contribution in [0, 0.1) is 10.1 Å². The molecule has 0 saturated carbocycles. The maximum absolute atomic E-state index is 13.6. The van der Waals surface area contributed by atoms with Gasteiger partial charge in [-0.2, -0.15) is 0 Å². The first-order valence-corrected chi connectivity index (χ1v) is 10.7. The van der Waals surface area contributed by atoms with Gasteiger partial charge in [0.2, 0.25) is 0 Å². The van der Waals surface area contributed by atoms with E-state index in [1.54, 1.807) is 24.3 Å². The fourth-order valence-corrected chi connectivity index (χ4v) is 4.49. The number of benzene rings is 2. The molecule has 2 heterocycles. The van der Waals surface area contributed by atoms with Gasteiger partial charge >= 0.3 is 0 Å². The highest BCUT2D eigenvalue weighted by Crippen LogP contribution is 2.38. The lowest BCUT2D eigenvalue weighted by molar-refractivity contribution is -0.384. The number of halogens is 1. The molecule has 4 rings (SSSR count). The summed E-state index contributed by atoms with van der Waals surface area (Å²) in [5.74, 6) is -0.940. The quantitative estimate of drug-likeness (QED) is 0.390. The van der Waals surface area contributed by atoms with Gasteiger partial charge in [-0.15, -0.1) is 0 Å². The molecule has 1 fully saturated rings. The number of anilines is 1. The van der Waals surface area contributed by atoms with Crippen molar-refractivity contribution in [2.75, 3.05) is 32.1 Å². The second-order valence-corrected chi connectivity index (χ2v) is 8.48. The van der Waals surface area contributed by atoms with E-state index in [2.05, 4.69) is 11.9 Å². The van der Waals surface area contributed by atoms with Gasteiger partial charge in [0.15, 0.2) is 0 Å². The van der Waals surface area contributed by atoms with Crippen molar-refractivity contribution < 1.29 is 14.5 Å². The summed E-state index contributed by atoms with van der Waals surface area (Å²) >= 11 is 6.32. The Morgan fingerprint density at radius 1 is 1.03 bits per heavy atom. The van der Waals surface area contributed by atoms with Crippen LogP contribution in [-0.4, -0.2) is 59.8 Å². The van der Waals surface area contributed by atoms with Crippen LogP contribution in [0.1, 0.15) is 18.4 Å². The Labute approximate surface area is 190 Å². The number of carbonyl (C=O) groups is 2. The summed E-state index contributed by atoms with van der Waals surface area (Å²) in [6.07, 6.45) is 1.72. The molecule has 0 unspecified atom stereocenters. The molecule has 2 aromatic carbocycles. The Hall–Kier alpha value is -3.23. The average molecular weight is 455 g/mol. The minimum atomic E-state index is -0.499. The second kappa shape index (κ2) is 8.72. The fourth-order valence-electron chi connectivity index (χ4n) is 4.27. The Bertz CT molecular complexity index is 1110. The highest BCUT2D eigenvalue weighted by atomic mass is 35.5. The molecule has 32 heavy (non-hydrogen) atoms. The number of nitro benzene ring substituents is 1. The number of hydrogen-bond donors (Lipinski definition) is 0. The number of carbonyl (C=O) groups excluding carboxylic acids is 2. The lowest BCUT2D eigenvalue weighted by Crippen LogP contribution is -2.43. The molecule has 1 saturated heterocycles. The molecule has 9 heteroatoms. The Balaban J connectivity index is 1.80. The number of para-hydroxylation sites is 1. The zero-order valence-corrected chi connectivity index (χ0v) is 18.6. The highest BCUT2D eigenvalue weighted by molar-refractivity contribution is 6.47. The second-order valence-electron chi connectivity index (χ2n) is 8.07. The van der Waals surface area contributed by atoms with E-state index in [9.17, 15) is 19.7 Å². The molecular formula is C23H23ClN4O4. The molecule has 0 radical (unpaired) electrons. The average Bonchev–Trinajstić information content (AvgIpc) is 3.04. The number of nitro groups is 1. The predicted octanol–water partition coefficient (Wildman–Crippen LogP) is 3.56. The van der Waals surface area contributed by atoms with Gasteiger partial charge in [-0.3, -0.25) is 19.7 Å². The van der Waals surface area contributed by atoms with Crippen molar-refractivity contribution in [2.24, 2.45) is 0 Å². The summed E-state index contributed by atoms with van der Waals surface area (Å²) < 4.78 is 0. The molecule has 0 aromatic heterocycles. The van der Waals surface area contributed by atoms with Gasteiger partial charge in [-0.05, 0) is 62.8 Å². The maximum Gasteiger partial charge on any atom is 0.282 e. The van der Waals surface area contributed by atoms with Gasteiger partial charge in [-0.1, -0.05) is 23.7 Å². The predicted molar refractivity (Wildman–Crippen MR) is 122 cm³/mol. The van der Waals surface area contributed by atoms with Crippen molar-refractivity contribution in [1.29, 1.82) is 0 Å². The molecule has 166 valence electrons. The molecule has 0 spiro atoms. The molecule has 0 N–H and O–H groups in total. The van der Waals surface area contributed by atoms with Gasteiger partial charge in [0.05, 0.1) is 21.2 Å². The van der Waals surface area contributed by atoms with Crippen molar-refractivity contribution in [2.45, 2.75) is 18.9 Å². The first-order chi connectivity index (χ1) is 15.3. The van der Waals surface area contributed by atoms with Gasteiger partial charge in [0.1, 0.15) is 5.70 Å². The number of amides is 2. The number of nitrogens with zero attached hydrogens (tertiary/aromatic N) is 4. The van der Waals surface area contributed by atoms with Crippen LogP contribution in [0.2, 0.25) is 5.02 Å². The van der Waals surface area contributed by atoms with Crippen LogP contribution >= 0.6 is 11.6 Å². The molecule has 2 amide bonds. The highest BCUT2D eigenvalue weighted by Gasteiger charge is 2.43. The monoisotopic (exact) mass is 454 g/mol.